The number of pyridine rings is 1. The zero-order valence-electron chi connectivity index (χ0n) is 9.23. The molecule has 0 bridgehead atoms. The molecule has 1 fully saturated rings. The molecule has 0 aromatic carbocycles. The molecule has 0 saturated carbocycles. The molecule has 2 aliphatic rings. The second kappa shape index (κ2) is 6.05. The SMILES string of the molecule is Cl.Cl.Clc1cncc(C2=CC3CNCC3C2)c1. The van der Waals surface area contributed by atoms with Gasteiger partial charge in [-0.05, 0) is 42.0 Å². The molecule has 1 aliphatic carbocycles. The van der Waals surface area contributed by atoms with Crippen molar-refractivity contribution in [1.82, 2.24) is 10.3 Å². The van der Waals surface area contributed by atoms with Crippen LogP contribution in [0.2, 0.25) is 5.02 Å². The molecule has 1 aromatic rings. The Hall–Kier alpha value is -0.280. The van der Waals surface area contributed by atoms with E-state index in [1.165, 1.54) is 17.6 Å². The van der Waals surface area contributed by atoms with Crippen LogP contribution >= 0.6 is 36.4 Å². The molecule has 0 radical (unpaired) electrons. The highest BCUT2D eigenvalue weighted by molar-refractivity contribution is 6.30. The lowest BCUT2D eigenvalue weighted by Gasteiger charge is -2.06. The van der Waals surface area contributed by atoms with Gasteiger partial charge in [-0.25, -0.2) is 0 Å². The Kier molecular flexibility index (Phi) is 5.26. The van der Waals surface area contributed by atoms with Gasteiger partial charge < -0.3 is 5.32 Å². The zero-order valence-corrected chi connectivity index (χ0v) is 11.6. The first-order valence-corrected chi connectivity index (χ1v) is 5.73. The van der Waals surface area contributed by atoms with Crippen LogP contribution in [0.3, 0.4) is 0 Å². The van der Waals surface area contributed by atoms with Crippen LogP contribution in [-0.4, -0.2) is 18.1 Å². The molecule has 17 heavy (non-hydrogen) atoms. The molecule has 5 heteroatoms. The van der Waals surface area contributed by atoms with E-state index in [9.17, 15) is 0 Å². The van der Waals surface area contributed by atoms with E-state index in [0.717, 1.165) is 29.9 Å². The molecule has 94 valence electrons. The molecular weight excluding hydrogens is 279 g/mol. The van der Waals surface area contributed by atoms with Crippen LogP contribution in [0.15, 0.2) is 24.5 Å². The van der Waals surface area contributed by atoms with Crippen molar-refractivity contribution in [2.24, 2.45) is 11.8 Å². The summed E-state index contributed by atoms with van der Waals surface area (Å²) in [5, 5.41) is 4.15. The summed E-state index contributed by atoms with van der Waals surface area (Å²) >= 11 is 5.94. The molecule has 1 aromatic heterocycles. The van der Waals surface area contributed by atoms with E-state index in [0.29, 0.717) is 0 Å². The maximum absolute atomic E-state index is 5.94. The monoisotopic (exact) mass is 292 g/mol. The van der Waals surface area contributed by atoms with Gasteiger partial charge in [-0.2, -0.15) is 0 Å². The Labute approximate surface area is 119 Å². The van der Waals surface area contributed by atoms with Crippen LogP contribution in [0.25, 0.3) is 5.57 Å². The number of rotatable bonds is 1. The molecule has 2 atom stereocenters. The number of nitrogens with zero attached hydrogens (tertiary/aromatic N) is 1. The number of allylic oxidation sites excluding steroid dienone is 1. The highest BCUT2D eigenvalue weighted by Gasteiger charge is 2.31. The van der Waals surface area contributed by atoms with Crippen LogP contribution in [-0.2, 0) is 0 Å². The van der Waals surface area contributed by atoms with Crippen molar-refractivity contribution < 1.29 is 0 Å². The predicted octanol–water partition coefficient (Wildman–Crippen LogP) is 3.20. The number of halogens is 3. The van der Waals surface area contributed by atoms with Crippen LogP contribution in [0.4, 0.5) is 0 Å². The first kappa shape index (κ1) is 14.8. The average molecular weight is 294 g/mol. The van der Waals surface area contributed by atoms with Crippen molar-refractivity contribution in [3.8, 4) is 0 Å². The van der Waals surface area contributed by atoms with Crippen LogP contribution in [0, 0.1) is 11.8 Å². The first-order chi connectivity index (χ1) is 7.33. The molecule has 0 amide bonds. The fourth-order valence-electron chi connectivity index (χ4n) is 2.58. The van der Waals surface area contributed by atoms with Gasteiger partial charge in [0.2, 0.25) is 0 Å². The summed E-state index contributed by atoms with van der Waals surface area (Å²) in [6.07, 6.45) is 7.15. The maximum Gasteiger partial charge on any atom is 0.0595 e. The van der Waals surface area contributed by atoms with E-state index >= 15 is 0 Å². The minimum atomic E-state index is 0. The average Bonchev–Trinajstić information content (AvgIpc) is 2.76. The fourth-order valence-corrected chi connectivity index (χ4v) is 2.76. The summed E-state index contributed by atoms with van der Waals surface area (Å²) in [6, 6.07) is 2.01. The minimum absolute atomic E-state index is 0. The topological polar surface area (TPSA) is 24.9 Å². The summed E-state index contributed by atoms with van der Waals surface area (Å²) in [5.74, 6) is 1.51. The van der Waals surface area contributed by atoms with Crippen molar-refractivity contribution in [3.05, 3.63) is 35.1 Å². The lowest BCUT2D eigenvalue weighted by molar-refractivity contribution is 0.536. The highest BCUT2D eigenvalue weighted by Crippen LogP contribution is 2.38. The van der Waals surface area contributed by atoms with Crippen molar-refractivity contribution in [2.45, 2.75) is 6.42 Å². The van der Waals surface area contributed by atoms with Gasteiger partial charge in [-0.3, -0.25) is 4.98 Å². The minimum Gasteiger partial charge on any atom is -0.316 e. The van der Waals surface area contributed by atoms with Crippen molar-refractivity contribution >= 4 is 42.0 Å². The largest absolute Gasteiger partial charge is 0.316 e. The Bertz CT molecular complexity index is 420. The number of hydrogen-bond donors (Lipinski definition) is 1. The third-order valence-electron chi connectivity index (χ3n) is 3.37. The molecule has 1 N–H and O–H groups in total. The van der Waals surface area contributed by atoms with Gasteiger partial charge in [0.15, 0.2) is 0 Å². The van der Waals surface area contributed by atoms with E-state index in [1.54, 1.807) is 6.20 Å². The van der Waals surface area contributed by atoms with E-state index in [1.807, 2.05) is 12.3 Å². The van der Waals surface area contributed by atoms with Crippen LogP contribution < -0.4 is 5.32 Å². The first-order valence-electron chi connectivity index (χ1n) is 5.35. The number of fused-ring (bicyclic) bond motifs is 1. The van der Waals surface area contributed by atoms with Gasteiger partial charge in [0.1, 0.15) is 0 Å². The Balaban J connectivity index is 0.000000722. The van der Waals surface area contributed by atoms with Crippen LogP contribution in [0.1, 0.15) is 12.0 Å². The quantitative estimate of drug-likeness (QED) is 0.860. The zero-order chi connectivity index (χ0) is 10.3. The molecule has 1 aliphatic heterocycles. The summed E-state index contributed by atoms with van der Waals surface area (Å²) in [7, 11) is 0. The van der Waals surface area contributed by atoms with E-state index in [4.69, 9.17) is 11.6 Å². The molecule has 2 heterocycles. The highest BCUT2D eigenvalue weighted by atomic mass is 35.5. The smallest absolute Gasteiger partial charge is 0.0595 e. The lowest BCUT2D eigenvalue weighted by atomic mass is 9.99. The van der Waals surface area contributed by atoms with E-state index < -0.39 is 0 Å². The van der Waals surface area contributed by atoms with Crippen LogP contribution in [0.5, 0.6) is 0 Å². The van der Waals surface area contributed by atoms with E-state index in [-0.39, 0.29) is 24.8 Å². The Morgan fingerprint density at radius 2 is 2.06 bits per heavy atom. The lowest BCUT2D eigenvalue weighted by Crippen LogP contribution is -2.09. The van der Waals surface area contributed by atoms with E-state index in [2.05, 4.69) is 16.4 Å². The van der Waals surface area contributed by atoms with Gasteiger partial charge in [0.05, 0.1) is 5.02 Å². The Morgan fingerprint density at radius 1 is 1.24 bits per heavy atom. The molecular formula is C12H15Cl3N2. The summed E-state index contributed by atoms with van der Waals surface area (Å²) in [4.78, 5) is 4.13. The van der Waals surface area contributed by atoms with Crippen molar-refractivity contribution in [2.75, 3.05) is 13.1 Å². The fraction of sp³-hybridized carbons (Fsp3) is 0.417. The second-order valence-electron chi connectivity index (χ2n) is 4.37. The normalized spacial score (nSPS) is 25.6. The maximum atomic E-state index is 5.94. The van der Waals surface area contributed by atoms with Gasteiger partial charge >= 0.3 is 0 Å². The summed E-state index contributed by atoms with van der Waals surface area (Å²) in [6.45, 7) is 2.28. The third-order valence-corrected chi connectivity index (χ3v) is 3.57. The molecule has 2 nitrogen and oxygen atoms in total. The van der Waals surface area contributed by atoms with Crippen molar-refractivity contribution in [1.29, 1.82) is 0 Å². The predicted molar refractivity (Wildman–Crippen MR) is 76.2 cm³/mol. The molecule has 3 rings (SSSR count). The standard InChI is InChI=1S/C12H13ClN2.2ClH/c13-12-3-11(6-15-7-12)8-1-9-4-14-5-10(9)2-8;;/h1,3,6-7,9-10,14H,2,4-5H2;2*1H. The number of nitrogens with one attached hydrogen (secondary N) is 1. The molecule has 0 spiro atoms. The van der Waals surface area contributed by atoms with Gasteiger partial charge in [0.25, 0.3) is 0 Å². The number of hydrogen-bond acceptors (Lipinski definition) is 2. The van der Waals surface area contributed by atoms with Gasteiger partial charge in [-0.15, -0.1) is 24.8 Å². The van der Waals surface area contributed by atoms with Crippen molar-refractivity contribution in [3.63, 3.8) is 0 Å². The Morgan fingerprint density at radius 3 is 2.76 bits per heavy atom. The summed E-state index contributed by atoms with van der Waals surface area (Å²) < 4.78 is 0. The second-order valence-corrected chi connectivity index (χ2v) is 4.81. The third kappa shape index (κ3) is 2.94. The number of aromatic nitrogens is 1. The molecule has 1 saturated heterocycles. The van der Waals surface area contributed by atoms with Gasteiger partial charge in [0, 0.05) is 18.9 Å². The molecule has 2 unspecified atom stereocenters. The van der Waals surface area contributed by atoms with Gasteiger partial charge in [-0.1, -0.05) is 17.7 Å². The summed E-state index contributed by atoms with van der Waals surface area (Å²) in [5.41, 5.74) is 2.61.